The van der Waals surface area contributed by atoms with Crippen LogP contribution in [-0.2, 0) is 11.2 Å². The molecule has 1 heterocycles. The smallest absolute Gasteiger partial charge is 0.113 e. The summed E-state index contributed by atoms with van der Waals surface area (Å²) in [6.45, 7) is -0.423. The van der Waals surface area contributed by atoms with Gasteiger partial charge in [0.05, 0.1) is 6.61 Å². The standard InChI is InChI=1S/C22H25BrO5/c23-16-6-1-12(2-7-16)9-15-10-14(5-8-17(15)13-3-4-13)22-21(27)20(26)19(25)18(11-24)28-22/h1-2,5-8,10,13,18-22,24-27H,3-4,9,11H2/t18-,19-,20+,21-,22+/m1/s1. The molecule has 5 nitrogen and oxygen atoms in total. The van der Waals surface area contributed by atoms with Crippen LogP contribution in [0.15, 0.2) is 46.9 Å². The molecule has 0 unspecified atom stereocenters. The van der Waals surface area contributed by atoms with Crippen LogP contribution in [0.1, 0.15) is 47.1 Å². The Morgan fingerprint density at radius 3 is 2.29 bits per heavy atom. The molecule has 2 fully saturated rings. The van der Waals surface area contributed by atoms with E-state index in [1.807, 2.05) is 24.3 Å². The molecule has 0 aromatic heterocycles. The molecule has 2 aromatic carbocycles. The fourth-order valence-corrected chi connectivity index (χ4v) is 4.21. The van der Waals surface area contributed by atoms with E-state index in [0.29, 0.717) is 5.92 Å². The average molecular weight is 449 g/mol. The van der Waals surface area contributed by atoms with Gasteiger partial charge >= 0.3 is 0 Å². The van der Waals surface area contributed by atoms with Gasteiger partial charge in [-0.25, -0.2) is 0 Å². The van der Waals surface area contributed by atoms with E-state index in [4.69, 9.17) is 4.74 Å². The molecule has 2 aliphatic rings. The minimum absolute atomic E-state index is 0.423. The van der Waals surface area contributed by atoms with Crippen molar-refractivity contribution in [1.82, 2.24) is 0 Å². The number of aliphatic hydroxyl groups excluding tert-OH is 4. The van der Waals surface area contributed by atoms with E-state index < -0.39 is 37.1 Å². The molecule has 4 rings (SSSR count). The number of ether oxygens (including phenoxy) is 1. The molecule has 4 N–H and O–H groups in total. The van der Waals surface area contributed by atoms with Crippen LogP contribution in [0.2, 0.25) is 0 Å². The molecule has 28 heavy (non-hydrogen) atoms. The summed E-state index contributed by atoms with van der Waals surface area (Å²) in [5, 5.41) is 40.0. The monoisotopic (exact) mass is 448 g/mol. The Labute approximate surface area is 172 Å². The molecular formula is C22H25BrO5. The van der Waals surface area contributed by atoms with Gasteiger partial charge in [0.25, 0.3) is 0 Å². The molecule has 0 bridgehead atoms. The molecule has 1 aliphatic heterocycles. The van der Waals surface area contributed by atoms with Crippen LogP contribution in [0.3, 0.4) is 0 Å². The summed E-state index contributed by atoms with van der Waals surface area (Å²) in [5.41, 5.74) is 4.43. The summed E-state index contributed by atoms with van der Waals surface area (Å²) in [4.78, 5) is 0. The Hall–Kier alpha value is -1.28. The zero-order valence-electron chi connectivity index (χ0n) is 15.4. The van der Waals surface area contributed by atoms with Gasteiger partial charge in [0.1, 0.15) is 30.5 Å². The van der Waals surface area contributed by atoms with Gasteiger partial charge in [0.15, 0.2) is 0 Å². The predicted octanol–water partition coefficient (Wildman–Crippen LogP) is 2.43. The zero-order valence-corrected chi connectivity index (χ0v) is 17.0. The first kappa shape index (κ1) is 20.0. The van der Waals surface area contributed by atoms with Crippen molar-refractivity contribution in [1.29, 1.82) is 0 Å². The largest absolute Gasteiger partial charge is 0.394 e. The van der Waals surface area contributed by atoms with E-state index in [0.717, 1.165) is 16.5 Å². The number of benzene rings is 2. The Morgan fingerprint density at radius 2 is 1.64 bits per heavy atom. The lowest BCUT2D eigenvalue weighted by molar-refractivity contribution is -0.231. The van der Waals surface area contributed by atoms with Gasteiger partial charge in [-0.05, 0) is 59.6 Å². The fraction of sp³-hybridized carbons (Fsp3) is 0.455. The second-order valence-electron chi connectivity index (χ2n) is 7.79. The van der Waals surface area contributed by atoms with Gasteiger partial charge in [-0.15, -0.1) is 0 Å². The lowest BCUT2D eigenvalue weighted by Crippen LogP contribution is -2.55. The molecule has 150 valence electrons. The van der Waals surface area contributed by atoms with Crippen LogP contribution in [0, 0.1) is 0 Å². The normalized spacial score (nSPS) is 30.4. The van der Waals surface area contributed by atoms with Crippen molar-refractivity contribution in [2.24, 2.45) is 0 Å². The summed E-state index contributed by atoms with van der Waals surface area (Å²) in [5.74, 6) is 0.578. The topological polar surface area (TPSA) is 90.2 Å². The van der Waals surface area contributed by atoms with E-state index in [1.54, 1.807) is 0 Å². The number of aliphatic hydroxyl groups is 4. The Morgan fingerprint density at radius 1 is 0.929 bits per heavy atom. The van der Waals surface area contributed by atoms with Crippen LogP contribution in [-0.4, -0.2) is 51.4 Å². The van der Waals surface area contributed by atoms with Crippen LogP contribution in [0.4, 0.5) is 0 Å². The summed E-state index contributed by atoms with van der Waals surface area (Å²) in [6, 6.07) is 14.3. The van der Waals surface area contributed by atoms with E-state index in [9.17, 15) is 20.4 Å². The highest BCUT2D eigenvalue weighted by Crippen LogP contribution is 2.43. The van der Waals surface area contributed by atoms with Gasteiger partial charge in [0.2, 0.25) is 0 Å². The molecule has 0 radical (unpaired) electrons. The predicted molar refractivity (Wildman–Crippen MR) is 108 cm³/mol. The molecule has 1 aliphatic carbocycles. The third-order valence-corrected chi connectivity index (χ3v) is 6.24. The molecular weight excluding hydrogens is 424 g/mol. The highest BCUT2D eigenvalue weighted by atomic mass is 79.9. The fourth-order valence-electron chi connectivity index (χ4n) is 3.95. The molecule has 2 aromatic rings. The van der Waals surface area contributed by atoms with Crippen molar-refractivity contribution in [3.63, 3.8) is 0 Å². The number of hydrogen-bond acceptors (Lipinski definition) is 5. The molecule has 1 saturated heterocycles. The van der Waals surface area contributed by atoms with Gasteiger partial charge in [-0.3, -0.25) is 0 Å². The van der Waals surface area contributed by atoms with E-state index in [1.165, 1.54) is 29.5 Å². The Bertz CT molecular complexity index is 818. The summed E-state index contributed by atoms with van der Waals surface area (Å²) in [7, 11) is 0. The highest BCUT2D eigenvalue weighted by Gasteiger charge is 2.44. The van der Waals surface area contributed by atoms with Crippen LogP contribution >= 0.6 is 15.9 Å². The quantitative estimate of drug-likeness (QED) is 0.563. The zero-order chi connectivity index (χ0) is 19.8. The van der Waals surface area contributed by atoms with Gasteiger partial charge in [-0.1, -0.05) is 46.3 Å². The van der Waals surface area contributed by atoms with Crippen LogP contribution in [0.5, 0.6) is 0 Å². The number of halogens is 1. The average Bonchev–Trinajstić information content (AvgIpc) is 3.53. The van der Waals surface area contributed by atoms with Crippen molar-refractivity contribution < 1.29 is 25.2 Å². The lowest BCUT2D eigenvalue weighted by Gasteiger charge is -2.40. The maximum Gasteiger partial charge on any atom is 0.113 e. The lowest BCUT2D eigenvalue weighted by atomic mass is 9.88. The Kier molecular flexibility index (Phi) is 5.88. The van der Waals surface area contributed by atoms with Crippen molar-refractivity contribution in [2.75, 3.05) is 6.61 Å². The minimum Gasteiger partial charge on any atom is -0.394 e. The third kappa shape index (κ3) is 4.03. The molecule has 6 heteroatoms. The molecule has 0 amide bonds. The first-order valence-electron chi connectivity index (χ1n) is 9.65. The Balaban J connectivity index is 1.65. The van der Waals surface area contributed by atoms with Gasteiger partial charge < -0.3 is 25.2 Å². The van der Waals surface area contributed by atoms with E-state index in [-0.39, 0.29) is 0 Å². The second-order valence-corrected chi connectivity index (χ2v) is 8.70. The van der Waals surface area contributed by atoms with Crippen molar-refractivity contribution in [3.8, 4) is 0 Å². The van der Waals surface area contributed by atoms with Gasteiger partial charge in [0, 0.05) is 4.47 Å². The van der Waals surface area contributed by atoms with E-state index >= 15 is 0 Å². The molecule has 1 saturated carbocycles. The molecule has 0 spiro atoms. The summed E-state index contributed by atoms with van der Waals surface area (Å²) < 4.78 is 6.77. The first-order chi connectivity index (χ1) is 13.5. The van der Waals surface area contributed by atoms with Crippen molar-refractivity contribution in [3.05, 3.63) is 69.2 Å². The minimum atomic E-state index is -1.37. The van der Waals surface area contributed by atoms with Gasteiger partial charge in [-0.2, -0.15) is 0 Å². The highest BCUT2D eigenvalue weighted by molar-refractivity contribution is 9.10. The third-order valence-electron chi connectivity index (χ3n) is 5.71. The number of hydrogen-bond donors (Lipinski definition) is 4. The molecule has 5 atom stereocenters. The SMILES string of the molecule is OC[C@H]1O[C@@H](c2ccc(C3CC3)c(Cc3ccc(Br)cc3)c2)[C@H](O)[C@@H](O)[C@@H]1O. The second kappa shape index (κ2) is 8.22. The van der Waals surface area contributed by atoms with Crippen molar-refractivity contribution in [2.45, 2.75) is 55.7 Å². The van der Waals surface area contributed by atoms with Crippen molar-refractivity contribution >= 4 is 15.9 Å². The van der Waals surface area contributed by atoms with Crippen LogP contribution in [0.25, 0.3) is 0 Å². The van der Waals surface area contributed by atoms with E-state index in [2.05, 4.69) is 34.1 Å². The maximum atomic E-state index is 10.5. The maximum absolute atomic E-state index is 10.5. The first-order valence-corrected chi connectivity index (χ1v) is 10.4. The summed E-state index contributed by atoms with van der Waals surface area (Å²) in [6.07, 6.45) is -2.53. The van der Waals surface area contributed by atoms with Crippen LogP contribution < -0.4 is 0 Å². The number of rotatable bonds is 5. The summed E-state index contributed by atoms with van der Waals surface area (Å²) >= 11 is 3.46.